The van der Waals surface area contributed by atoms with Crippen LogP contribution in [-0.2, 0) is 29.2 Å². The van der Waals surface area contributed by atoms with E-state index >= 15 is 0 Å². The fraction of sp³-hybridized carbons (Fsp3) is 0.630. The quantitative estimate of drug-likeness (QED) is 0.458. The van der Waals surface area contributed by atoms with Gasteiger partial charge in [0, 0.05) is 49.1 Å². The van der Waals surface area contributed by atoms with E-state index in [1.54, 1.807) is 19.1 Å². The average molecular weight is 550 g/mol. The second kappa shape index (κ2) is 11.6. The standard InChI is InChI=1S/C27H34ClF2N5O3/c1-2-35-25(26(29)30)20(31-32-35)16-38-22-11-10-19(28)18-12-14-34(27(37)17-7-4-3-5-8-17)21(24(18)22)15-33-13-6-9-23(33)36/h10-11,17,21,26H,2-9,12-16H2,1H3/t21-/m1/s1. The van der Waals surface area contributed by atoms with Crippen molar-refractivity contribution in [3.8, 4) is 5.75 Å². The van der Waals surface area contributed by atoms with Crippen LogP contribution in [0.1, 0.15) is 86.9 Å². The Hall–Kier alpha value is -2.75. The minimum absolute atomic E-state index is 0.0247. The Morgan fingerprint density at radius 3 is 2.63 bits per heavy atom. The molecule has 1 aromatic carbocycles. The maximum absolute atomic E-state index is 13.8. The van der Waals surface area contributed by atoms with Crippen molar-refractivity contribution >= 4 is 23.4 Å². The van der Waals surface area contributed by atoms with Crippen molar-refractivity contribution in [2.24, 2.45) is 5.92 Å². The first-order chi connectivity index (χ1) is 18.4. The van der Waals surface area contributed by atoms with E-state index in [1.807, 2.05) is 9.80 Å². The number of likely N-dealkylation sites (tertiary alicyclic amines) is 1. The average Bonchev–Trinajstić information content (AvgIpc) is 3.54. The van der Waals surface area contributed by atoms with Gasteiger partial charge in [0.25, 0.3) is 6.43 Å². The van der Waals surface area contributed by atoms with Crippen molar-refractivity contribution in [1.82, 2.24) is 24.8 Å². The third-order valence-electron chi connectivity index (χ3n) is 8.09. The molecule has 0 bridgehead atoms. The number of benzene rings is 1. The molecule has 2 fully saturated rings. The highest BCUT2D eigenvalue weighted by atomic mass is 35.5. The number of nitrogens with zero attached hydrogens (tertiary/aromatic N) is 5. The molecule has 3 heterocycles. The van der Waals surface area contributed by atoms with E-state index in [-0.39, 0.29) is 42.3 Å². The highest BCUT2D eigenvalue weighted by Gasteiger charge is 2.39. The maximum Gasteiger partial charge on any atom is 0.282 e. The molecule has 3 aliphatic rings. The largest absolute Gasteiger partial charge is 0.487 e. The molecule has 8 nitrogen and oxygen atoms in total. The second-order valence-electron chi connectivity index (χ2n) is 10.3. The Morgan fingerprint density at radius 1 is 1.16 bits per heavy atom. The van der Waals surface area contributed by atoms with Crippen molar-refractivity contribution in [2.45, 2.75) is 83.9 Å². The van der Waals surface area contributed by atoms with Crippen LogP contribution in [0.3, 0.4) is 0 Å². The number of hydrogen-bond acceptors (Lipinski definition) is 5. The normalized spacial score (nSPS) is 20.3. The summed E-state index contributed by atoms with van der Waals surface area (Å²) in [6, 6.07) is 3.04. The predicted molar refractivity (Wildman–Crippen MR) is 137 cm³/mol. The second-order valence-corrected chi connectivity index (χ2v) is 10.7. The summed E-state index contributed by atoms with van der Waals surface area (Å²) in [6.07, 6.45) is 4.09. The molecule has 206 valence electrons. The highest BCUT2D eigenvalue weighted by Crippen LogP contribution is 2.42. The Bertz CT molecular complexity index is 1180. The zero-order chi connectivity index (χ0) is 26.8. The van der Waals surface area contributed by atoms with Gasteiger partial charge in [0.2, 0.25) is 11.8 Å². The summed E-state index contributed by atoms with van der Waals surface area (Å²) < 4.78 is 34.8. The van der Waals surface area contributed by atoms with E-state index in [9.17, 15) is 18.4 Å². The molecule has 2 aliphatic heterocycles. The molecule has 5 rings (SSSR count). The van der Waals surface area contributed by atoms with E-state index in [4.69, 9.17) is 16.3 Å². The maximum atomic E-state index is 13.8. The van der Waals surface area contributed by atoms with Gasteiger partial charge in [0.15, 0.2) is 0 Å². The summed E-state index contributed by atoms with van der Waals surface area (Å²) >= 11 is 6.64. The van der Waals surface area contributed by atoms with Crippen molar-refractivity contribution in [3.63, 3.8) is 0 Å². The molecular formula is C27H34ClF2N5O3. The van der Waals surface area contributed by atoms with Gasteiger partial charge in [-0.25, -0.2) is 13.5 Å². The Labute approximate surface area is 226 Å². The summed E-state index contributed by atoms with van der Waals surface area (Å²) in [5.41, 5.74) is 1.44. The number of aryl methyl sites for hydroxylation is 1. The Balaban J connectivity index is 1.49. The van der Waals surface area contributed by atoms with Crippen LogP contribution < -0.4 is 4.74 Å². The minimum Gasteiger partial charge on any atom is -0.487 e. The van der Waals surface area contributed by atoms with Crippen LogP contribution in [-0.4, -0.2) is 56.2 Å². The molecule has 1 saturated carbocycles. The Morgan fingerprint density at radius 2 is 1.95 bits per heavy atom. The smallest absolute Gasteiger partial charge is 0.282 e. The van der Waals surface area contributed by atoms with Gasteiger partial charge in [-0.15, -0.1) is 5.10 Å². The molecule has 0 radical (unpaired) electrons. The van der Waals surface area contributed by atoms with Gasteiger partial charge < -0.3 is 14.5 Å². The van der Waals surface area contributed by atoms with Gasteiger partial charge >= 0.3 is 0 Å². The van der Waals surface area contributed by atoms with Crippen LogP contribution in [0.2, 0.25) is 5.02 Å². The lowest BCUT2D eigenvalue weighted by Crippen LogP contribution is -2.48. The molecule has 1 aromatic heterocycles. The van der Waals surface area contributed by atoms with E-state index in [2.05, 4.69) is 10.3 Å². The zero-order valence-corrected chi connectivity index (χ0v) is 22.4. The lowest BCUT2D eigenvalue weighted by atomic mass is 9.85. The van der Waals surface area contributed by atoms with Gasteiger partial charge in [0.1, 0.15) is 23.7 Å². The molecule has 38 heavy (non-hydrogen) atoms. The van der Waals surface area contributed by atoms with Crippen LogP contribution in [0.15, 0.2) is 12.1 Å². The van der Waals surface area contributed by atoms with Gasteiger partial charge in [-0.1, -0.05) is 36.1 Å². The van der Waals surface area contributed by atoms with E-state index in [1.165, 1.54) is 4.68 Å². The number of halogens is 3. The number of amides is 2. The first-order valence-electron chi connectivity index (χ1n) is 13.6. The van der Waals surface area contributed by atoms with Crippen LogP contribution in [0, 0.1) is 5.92 Å². The molecule has 2 aromatic rings. The monoisotopic (exact) mass is 549 g/mol. The molecule has 1 aliphatic carbocycles. The van der Waals surface area contributed by atoms with Gasteiger partial charge in [-0.3, -0.25) is 9.59 Å². The topological polar surface area (TPSA) is 80.6 Å². The number of aromatic nitrogens is 3. The van der Waals surface area contributed by atoms with Crippen LogP contribution in [0.4, 0.5) is 8.78 Å². The molecular weight excluding hydrogens is 516 g/mol. The molecule has 2 amide bonds. The molecule has 0 unspecified atom stereocenters. The fourth-order valence-corrected chi connectivity index (χ4v) is 6.39. The lowest BCUT2D eigenvalue weighted by molar-refractivity contribution is -0.141. The van der Waals surface area contributed by atoms with Crippen molar-refractivity contribution < 1.29 is 23.1 Å². The van der Waals surface area contributed by atoms with E-state index < -0.39 is 12.5 Å². The number of carbonyl (C=O) groups excluding carboxylic acids is 2. The van der Waals surface area contributed by atoms with Crippen molar-refractivity contribution in [1.29, 1.82) is 0 Å². The summed E-state index contributed by atoms with van der Waals surface area (Å²) in [6.45, 7) is 3.31. The molecule has 1 saturated heterocycles. The summed E-state index contributed by atoms with van der Waals surface area (Å²) in [5, 5.41) is 8.34. The third kappa shape index (κ3) is 5.24. The highest BCUT2D eigenvalue weighted by molar-refractivity contribution is 6.31. The predicted octanol–water partition coefficient (Wildman–Crippen LogP) is 5.10. The summed E-state index contributed by atoms with van der Waals surface area (Å²) in [4.78, 5) is 30.1. The van der Waals surface area contributed by atoms with E-state index in [0.29, 0.717) is 43.2 Å². The first-order valence-corrected chi connectivity index (χ1v) is 14.0. The van der Waals surface area contributed by atoms with Crippen LogP contribution in [0.25, 0.3) is 0 Å². The number of hydrogen-bond donors (Lipinski definition) is 0. The van der Waals surface area contributed by atoms with Crippen molar-refractivity contribution in [3.05, 3.63) is 39.7 Å². The molecule has 0 spiro atoms. The first kappa shape index (κ1) is 26.8. The molecule has 1 atom stereocenters. The van der Waals surface area contributed by atoms with Crippen LogP contribution in [0.5, 0.6) is 5.75 Å². The molecule has 11 heteroatoms. The van der Waals surface area contributed by atoms with E-state index in [0.717, 1.165) is 49.7 Å². The number of rotatable bonds is 8. The zero-order valence-electron chi connectivity index (χ0n) is 21.7. The lowest BCUT2D eigenvalue weighted by Gasteiger charge is -2.42. The van der Waals surface area contributed by atoms with Crippen molar-refractivity contribution in [2.75, 3.05) is 19.6 Å². The number of alkyl halides is 2. The summed E-state index contributed by atoms with van der Waals surface area (Å²) in [5.74, 6) is 0.630. The molecule has 0 N–H and O–H groups in total. The SMILES string of the molecule is CCn1nnc(COc2ccc(Cl)c3c2[C@@H](CN2CCCC2=O)N(C(=O)C2CCCCC2)CC3)c1C(F)F. The van der Waals surface area contributed by atoms with Gasteiger partial charge in [-0.2, -0.15) is 0 Å². The van der Waals surface area contributed by atoms with Crippen LogP contribution >= 0.6 is 11.6 Å². The summed E-state index contributed by atoms with van der Waals surface area (Å²) in [7, 11) is 0. The Kier molecular flexibility index (Phi) is 8.16. The number of carbonyl (C=O) groups is 2. The van der Waals surface area contributed by atoms with Gasteiger partial charge in [0.05, 0.1) is 6.04 Å². The third-order valence-corrected chi connectivity index (χ3v) is 8.45. The number of ether oxygens (including phenoxy) is 1. The number of fused-ring (bicyclic) bond motifs is 1. The van der Waals surface area contributed by atoms with Gasteiger partial charge in [-0.05, 0) is 50.3 Å². The minimum atomic E-state index is -2.74. The fourth-order valence-electron chi connectivity index (χ4n) is 6.13.